The van der Waals surface area contributed by atoms with E-state index in [-0.39, 0.29) is 11.7 Å². The average Bonchev–Trinajstić information content (AvgIpc) is 2.86. The minimum atomic E-state index is -0.556. The molecule has 0 saturated heterocycles. The molecule has 0 saturated carbocycles. The molecule has 0 fully saturated rings. The second-order valence-corrected chi connectivity index (χ2v) is 5.81. The van der Waals surface area contributed by atoms with Crippen LogP contribution >= 0.6 is 11.6 Å². The first-order chi connectivity index (χ1) is 10.6. The van der Waals surface area contributed by atoms with Crippen LogP contribution in [-0.2, 0) is 4.79 Å². The number of phenolic OH excluding ortho intramolecular Hbond substituents is 1. The fraction of sp³-hybridized carbons (Fsp3) is 0.0556. The van der Waals surface area contributed by atoms with Crippen molar-refractivity contribution in [2.24, 2.45) is 0 Å². The van der Waals surface area contributed by atoms with Crippen LogP contribution in [0.25, 0.3) is 10.8 Å². The summed E-state index contributed by atoms with van der Waals surface area (Å²) in [5.74, 6) is -0.631. The molecule has 0 bridgehead atoms. The molecule has 2 N–H and O–H groups in total. The average molecular weight is 310 g/mol. The summed E-state index contributed by atoms with van der Waals surface area (Å²) in [4.78, 5) is 12.5. The molecule has 1 unspecified atom stereocenters. The maximum absolute atomic E-state index is 12.5. The van der Waals surface area contributed by atoms with E-state index in [0.717, 1.165) is 22.0 Å². The molecule has 108 valence electrons. The largest absolute Gasteiger partial charge is 0.508 e. The third-order valence-corrected chi connectivity index (χ3v) is 4.32. The van der Waals surface area contributed by atoms with Gasteiger partial charge in [-0.25, -0.2) is 0 Å². The minimum Gasteiger partial charge on any atom is -0.508 e. The highest BCUT2D eigenvalue weighted by Crippen LogP contribution is 2.44. The van der Waals surface area contributed by atoms with Gasteiger partial charge in [0, 0.05) is 21.8 Å². The van der Waals surface area contributed by atoms with Gasteiger partial charge in [0.1, 0.15) is 5.75 Å². The zero-order chi connectivity index (χ0) is 15.3. The molecular formula is C18H12ClNO2. The van der Waals surface area contributed by atoms with Gasteiger partial charge in [-0.15, -0.1) is 0 Å². The maximum atomic E-state index is 12.5. The third kappa shape index (κ3) is 1.86. The smallest absolute Gasteiger partial charge is 0.236 e. The van der Waals surface area contributed by atoms with Gasteiger partial charge in [-0.1, -0.05) is 41.9 Å². The van der Waals surface area contributed by atoms with E-state index < -0.39 is 5.92 Å². The predicted molar refractivity (Wildman–Crippen MR) is 87.5 cm³/mol. The lowest BCUT2D eigenvalue weighted by Crippen LogP contribution is -2.13. The number of phenols is 1. The Kier molecular flexibility index (Phi) is 2.84. The number of fused-ring (bicyclic) bond motifs is 3. The van der Waals surface area contributed by atoms with Crippen molar-refractivity contribution in [2.45, 2.75) is 5.92 Å². The Hall–Kier alpha value is -2.52. The van der Waals surface area contributed by atoms with E-state index in [1.54, 1.807) is 12.1 Å². The normalized spacial score (nSPS) is 16.6. The number of hydrogen-bond acceptors (Lipinski definition) is 2. The molecule has 1 aliphatic heterocycles. The van der Waals surface area contributed by atoms with Crippen LogP contribution in [0, 0.1) is 0 Å². The van der Waals surface area contributed by atoms with E-state index in [2.05, 4.69) is 5.32 Å². The number of benzene rings is 3. The van der Waals surface area contributed by atoms with E-state index >= 15 is 0 Å². The lowest BCUT2D eigenvalue weighted by atomic mass is 9.88. The summed E-state index contributed by atoms with van der Waals surface area (Å²) in [5.41, 5.74) is 2.20. The first kappa shape index (κ1) is 13.2. The lowest BCUT2D eigenvalue weighted by Gasteiger charge is -2.14. The standard InChI is InChI=1S/C18H12ClNO2/c19-11-6-8-15(21)13(9-11)17-16-12-4-2-1-3-10(12)5-7-14(16)20-18(17)22/h1-9,17,21H,(H,20,22). The van der Waals surface area contributed by atoms with Crippen LogP contribution in [0.3, 0.4) is 0 Å². The fourth-order valence-corrected chi connectivity index (χ4v) is 3.29. The van der Waals surface area contributed by atoms with Gasteiger partial charge in [0.15, 0.2) is 0 Å². The number of rotatable bonds is 1. The van der Waals surface area contributed by atoms with E-state index in [0.29, 0.717) is 10.6 Å². The van der Waals surface area contributed by atoms with Crippen LogP contribution in [0.1, 0.15) is 17.0 Å². The number of carbonyl (C=O) groups excluding carboxylic acids is 1. The summed E-state index contributed by atoms with van der Waals surface area (Å²) in [6.07, 6.45) is 0. The number of amides is 1. The van der Waals surface area contributed by atoms with Crippen molar-refractivity contribution in [1.29, 1.82) is 0 Å². The van der Waals surface area contributed by atoms with E-state index in [4.69, 9.17) is 11.6 Å². The van der Waals surface area contributed by atoms with Crippen molar-refractivity contribution in [3.8, 4) is 5.75 Å². The Bertz CT molecular complexity index is 920. The van der Waals surface area contributed by atoms with Crippen molar-refractivity contribution < 1.29 is 9.90 Å². The van der Waals surface area contributed by atoms with Gasteiger partial charge in [-0.3, -0.25) is 4.79 Å². The number of aromatic hydroxyl groups is 1. The molecular weight excluding hydrogens is 298 g/mol. The molecule has 3 aromatic carbocycles. The van der Waals surface area contributed by atoms with E-state index in [1.165, 1.54) is 6.07 Å². The van der Waals surface area contributed by atoms with Gasteiger partial charge in [0.05, 0.1) is 5.92 Å². The van der Waals surface area contributed by atoms with Gasteiger partial charge in [-0.2, -0.15) is 0 Å². The molecule has 0 radical (unpaired) electrons. The first-order valence-electron chi connectivity index (χ1n) is 6.96. The van der Waals surface area contributed by atoms with Crippen molar-refractivity contribution >= 4 is 34.0 Å². The number of anilines is 1. The summed E-state index contributed by atoms with van der Waals surface area (Å²) >= 11 is 6.05. The zero-order valence-electron chi connectivity index (χ0n) is 11.5. The van der Waals surface area contributed by atoms with Gasteiger partial charge in [-0.05, 0) is 35.0 Å². The summed E-state index contributed by atoms with van der Waals surface area (Å²) in [5, 5.41) is 15.6. The molecule has 1 atom stereocenters. The number of hydrogen-bond donors (Lipinski definition) is 2. The van der Waals surface area contributed by atoms with Crippen molar-refractivity contribution in [2.75, 3.05) is 5.32 Å². The van der Waals surface area contributed by atoms with Crippen LogP contribution in [-0.4, -0.2) is 11.0 Å². The summed E-state index contributed by atoms with van der Waals surface area (Å²) < 4.78 is 0. The molecule has 4 heteroatoms. The quantitative estimate of drug-likeness (QED) is 0.705. The zero-order valence-corrected chi connectivity index (χ0v) is 12.3. The van der Waals surface area contributed by atoms with Crippen molar-refractivity contribution in [3.05, 3.63) is 70.7 Å². The van der Waals surface area contributed by atoms with Crippen LogP contribution in [0.5, 0.6) is 5.75 Å². The second-order valence-electron chi connectivity index (χ2n) is 5.37. The minimum absolute atomic E-state index is 0.0744. The Morgan fingerprint density at radius 3 is 2.73 bits per heavy atom. The van der Waals surface area contributed by atoms with Crippen LogP contribution in [0.15, 0.2) is 54.6 Å². The van der Waals surface area contributed by atoms with Gasteiger partial charge < -0.3 is 10.4 Å². The number of carbonyl (C=O) groups is 1. The fourth-order valence-electron chi connectivity index (χ4n) is 3.10. The highest BCUT2D eigenvalue weighted by atomic mass is 35.5. The molecule has 1 heterocycles. The molecule has 3 nitrogen and oxygen atoms in total. The Balaban J connectivity index is 2.02. The highest BCUT2D eigenvalue weighted by molar-refractivity contribution is 6.30. The molecule has 0 spiro atoms. The van der Waals surface area contributed by atoms with E-state index in [9.17, 15) is 9.90 Å². The molecule has 1 aliphatic rings. The summed E-state index contributed by atoms with van der Waals surface area (Å²) in [6.45, 7) is 0. The second kappa shape index (κ2) is 4.75. The number of halogens is 1. The number of nitrogens with one attached hydrogen (secondary N) is 1. The topological polar surface area (TPSA) is 49.3 Å². The van der Waals surface area contributed by atoms with Gasteiger partial charge in [0.25, 0.3) is 0 Å². The third-order valence-electron chi connectivity index (χ3n) is 4.08. The molecule has 4 rings (SSSR count). The molecule has 0 aromatic heterocycles. The summed E-state index contributed by atoms with van der Waals surface area (Å²) in [7, 11) is 0. The van der Waals surface area contributed by atoms with Crippen LogP contribution in [0.4, 0.5) is 5.69 Å². The van der Waals surface area contributed by atoms with Gasteiger partial charge >= 0.3 is 0 Å². The predicted octanol–water partition coefficient (Wildman–Crippen LogP) is 4.28. The molecule has 22 heavy (non-hydrogen) atoms. The van der Waals surface area contributed by atoms with Crippen molar-refractivity contribution in [3.63, 3.8) is 0 Å². The maximum Gasteiger partial charge on any atom is 0.236 e. The highest BCUT2D eigenvalue weighted by Gasteiger charge is 2.35. The lowest BCUT2D eigenvalue weighted by molar-refractivity contribution is -0.116. The first-order valence-corrected chi connectivity index (χ1v) is 7.34. The van der Waals surface area contributed by atoms with Crippen LogP contribution in [0.2, 0.25) is 5.02 Å². The Labute approximate surface area is 132 Å². The molecule has 1 amide bonds. The summed E-state index contributed by atoms with van der Waals surface area (Å²) in [6, 6.07) is 16.6. The molecule has 0 aliphatic carbocycles. The van der Waals surface area contributed by atoms with Crippen molar-refractivity contribution in [1.82, 2.24) is 0 Å². The SMILES string of the molecule is O=C1Nc2ccc3ccccc3c2C1c1cc(Cl)ccc1O. The van der Waals surface area contributed by atoms with Crippen LogP contribution < -0.4 is 5.32 Å². The Morgan fingerprint density at radius 2 is 1.86 bits per heavy atom. The monoisotopic (exact) mass is 309 g/mol. The van der Waals surface area contributed by atoms with Gasteiger partial charge in [0.2, 0.25) is 5.91 Å². The Morgan fingerprint density at radius 1 is 1.05 bits per heavy atom. The molecule has 3 aromatic rings. The van der Waals surface area contributed by atoms with E-state index in [1.807, 2.05) is 36.4 Å².